The van der Waals surface area contributed by atoms with Gasteiger partial charge in [0.1, 0.15) is 11.5 Å². The molecule has 0 bridgehead atoms. The van der Waals surface area contributed by atoms with Crippen LogP contribution in [-0.2, 0) is 26.8 Å². The van der Waals surface area contributed by atoms with Gasteiger partial charge in [0.05, 0.1) is 32.7 Å². The third-order valence-corrected chi connectivity index (χ3v) is 10.2. The summed E-state index contributed by atoms with van der Waals surface area (Å²) in [5, 5.41) is 1.78. The Hall–Kier alpha value is -1.68. The van der Waals surface area contributed by atoms with E-state index in [0.29, 0.717) is 38.4 Å². The van der Waals surface area contributed by atoms with E-state index in [2.05, 4.69) is 23.1 Å². The van der Waals surface area contributed by atoms with Gasteiger partial charge < -0.3 is 15.6 Å². The summed E-state index contributed by atoms with van der Waals surface area (Å²) in [5.74, 6) is -0.110. The van der Waals surface area contributed by atoms with Crippen LogP contribution < -0.4 is 43.8 Å². The molecule has 1 aromatic heterocycles. The third kappa shape index (κ3) is 8.46. The fourth-order valence-electron chi connectivity index (χ4n) is 4.61. The maximum absolute atomic E-state index is 11.3. The summed E-state index contributed by atoms with van der Waals surface area (Å²) in [6.45, 7) is 1.25. The van der Waals surface area contributed by atoms with E-state index in [0.717, 1.165) is 36.6 Å². The number of aromatic nitrogens is 1. The van der Waals surface area contributed by atoms with Crippen LogP contribution >= 0.6 is 23.1 Å². The SMILES string of the molecule is O=S(=O)([O-])CCC[n+]1c(C=C2Sc3ccc(-c4ccccc4)cc3N2CCCCS(=O)(=O)O)sc2c1OCC=C2.[H-].[Na+]. The molecule has 214 valence electrons. The largest absolute Gasteiger partial charge is 1.00 e. The van der Waals surface area contributed by atoms with Gasteiger partial charge in [-0.05, 0) is 48.3 Å². The van der Waals surface area contributed by atoms with Crippen molar-refractivity contribution in [2.75, 3.05) is 29.6 Å². The molecule has 3 heterocycles. The summed E-state index contributed by atoms with van der Waals surface area (Å²) >= 11 is 3.11. The number of hydrogen-bond acceptors (Lipinski definition) is 9. The van der Waals surface area contributed by atoms with Gasteiger partial charge in [0.25, 0.3) is 15.1 Å². The van der Waals surface area contributed by atoms with Crippen molar-refractivity contribution in [3.63, 3.8) is 0 Å². The van der Waals surface area contributed by atoms with Crippen LogP contribution in [0.4, 0.5) is 5.69 Å². The van der Waals surface area contributed by atoms with Gasteiger partial charge in [-0.15, -0.1) is 4.57 Å². The molecule has 5 rings (SSSR count). The van der Waals surface area contributed by atoms with Gasteiger partial charge >= 0.3 is 35.4 Å². The van der Waals surface area contributed by atoms with Gasteiger partial charge in [-0.1, -0.05) is 59.5 Å². The number of thioether (sulfide) groups is 1. The van der Waals surface area contributed by atoms with Crippen LogP contribution in [0, 0.1) is 0 Å². The maximum Gasteiger partial charge on any atom is 1.00 e. The molecule has 0 spiro atoms. The van der Waals surface area contributed by atoms with E-state index in [4.69, 9.17) is 4.74 Å². The summed E-state index contributed by atoms with van der Waals surface area (Å²) in [6.07, 6.45) is 6.94. The number of thiazole rings is 1. The molecule has 14 heteroatoms. The van der Waals surface area contributed by atoms with E-state index in [1.807, 2.05) is 53.1 Å². The van der Waals surface area contributed by atoms with Crippen LogP contribution in [0.25, 0.3) is 23.3 Å². The number of hydrogen-bond donors (Lipinski definition) is 1. The fourth-order valence-corrected chi connectivity index (χ4v) is 7.94. The second-order valence-electron chi connectivity index (χ2n) is 9.37. The molecule has 2 aliphatic heterocycles. The van der Waals surface area contributed by atoms with Crippen LogP contribution in [0.15, 0.2) is 64.5 Å². The predicted octanol–water partition coefficient (Wildman–Crippen LogP) is 1.74. The fraction of sp³-hybridized carbons (Fsp3) is 0.296. The van der Waals surface area contributed by atoms with Gasteiger partial charge in [-0.25, -0.2) is 8.42 Å². The Balaban J connectivity index is 0.00000242. The molecule has 0 saturated carbocycles. The number of anilines is 1. The molecule has 0 fully saturated rings. The van der Waals surface area contributed by atoms with E-state index < -0.39 is 26.0 Å². The average Bonchev–Trinajstić information content (AvgIpc) is 3.43. The molecule has 0 amide bonds. The molecule has 0 unspecified atom stereocenters. The first-order valence-electron chi connectivity index (χ1n) is 12.7. The Morgan fingerprint density at radius 1 is 1.05 bits per heavy atom. The van der Waals surface area contributed by atoms with E-state index in [1.54, 1.807) is 11.8 Å². The van der Waals surface area contributed by atoms with Crippen molar-refractivity contribution in [3.05, 3.63) is 69.5 Å². The van der Waals surface area contributed by atoms with E-state index in [1.165, 1.54) is 11.3 Å². The summed E-state index contributed by atoms with van der Waals surface area (Å²) < 4.78 is 73.2. The molecular weight excluding hydrogens is 616 g/mol. The average molecular weight is 645 g/mol. The summed E-state index contributed by atoms with van der Waals surface area (Å²) in [7, 11) is -8.37. The first-order valence-corrected chi connectivity index (χ1v) is 17.5. The monoisotopic (exact) mass is 644 g/mol. The van der Waals surface area contributed by atoms with Crippen molar-refractivity contribution in [1.82, 2.24) is 0 Å². The van der Waals surface area contributed by atoms with Crippen molar-refractivity contribution in [3.8, 4) is 17.0 Å². The molecule has 1 N–H and O–H groups in total. The van der Waals surface area contributed by atoms with E-state index in [-0.39, 0.29) is 43.2 Å². The van der Waals surface area contributed by atoms with E-state index in [9.17, 15) is 25.9 Å². The minimum absolute atomic E-state index is 0. The summed E-state index contributed by atoms with van der Waals surface area (Å²) in [4.78, 5) is 4.12. The molecule has 0 atom stereocenters. The minimum atomic E-state index is -4.33. The number of ether oxygens (including phenoxy) is 1. The first kappa shape index (κ1) is 32.2. The second-order valence-corrected chi connectivity index (χ2v) is 14.6. The molecule has 0 saturated heterocycles. The Morgan fingerprint density at radius 3 is 2.56 bits per heavy atom. The Morgan fingerprint density at radius 2 is 1.83 bits per heavy atom. The molecule has 41 heavy (non-hydrogen) atoms. The molecule has 0 aliphatic carbocycles. The standard InChI is InChI=1S/C27H28N2O7S4.Na.H/c30-39(31,32)16-5-4-13-28-22-18-21(20-8-2-1-3-9-20)11-12-23(22)37-25(28)19-26-29(14-7-17-40(33,34)35)27-24(38-26)10-6-15-36-27;;/h1-3,6,8-12,18-19H,4-5,7,13-17H2,(H-,30,31,32,33,34,35);;/q;+1;-1. The molecule has 0 radical (unpaired) electrons. The smallest absolute Gasteiger partial charge is 1.00 e. The second kappa shape index (κ2) is 13.7. The van der Waals surface area contributed by atoms with Crippen molar-refractivity contribution in [2.24, 2.45) is 0 Å². The molecule has 2 aliphatic rings. The quantitative estimate of drug-likeness (QED) is 0.144. The molecular formula is C27H29N2NaO7S4. The zero-order valence-corrected chi connectivity index (χ0v) is 27.7. The van der Waals surface area contributed by atoms with Gasteiger partial charge in [-0.3, -0.25) is 4.55 Å². The third-order valence-electron chi connectivity index (χ3n) is 6.42. The number of rotatable bonds is 11. The van der Waals surface area contributed by atoms with Crippen LogP contribution in [0.5, 0.6) is 5.88 Å². The van der Waals surface area contributed by atoms with E-state index >= 15 is 0 Å². The molecule has 2 aromatic carbocycles. The first-order chi connectivity index (χ1) is 19.1. The Kier molecular flexibility index (Phi) is 10.8. The zero-order chi connectivity index (χ0) is 28.3. The topological polar surface area (TPSA) is 128 Å². The van der Waals surface area contributed by atoms with Crippen LogP contribution in [0.3, 0.4) is 0 Å². The van der Waals surface area contributed by atoms with Gasteiger partial charge in [0.2, 0.25) is 0 Å². The van der Waals surface area contributed by atoms with Gasteiger partial charge in [-0.2, -0.15) is 8.42 Å². The predicted molar refractivity (Wildman–Crippen MR) is 158 cm³/mol. The van der Waals surface area contributed by atoms with Gasteiger partial charge in [0.15, 0.2) is 6.54 Å². The van der Waals surface area contributed by atoms with Crippen molar-refractivity contribution in [1.29, 1.82) is 0 Å². The number of benzene rings is 2. The van der Waals surface area contributed by atoms with Crippen molar-refractivity contribution >= 4 is 61.2 Å². The number of nitrogens with zero attached hydrogens (tertiary/aromatic N) is 2. The summed E-state index contributed by atoms with van der Waals surface area (Å²) in [6, 6.07) is 16.3. The normalized spacial score (nSPS) is 15.4. The van der Waals surface area contributed by atoms with Crippen LogP contribution in [-0.4, -0.2) is 50.6 Å². The van der Waals surface area contributed by atoms with Gasteiger partial charge in [0, 0.05) is 23.6 Å². The Labute approximate surface area is 272 Å². The number of fused-ring (bicyclic) bond motifs is 2. The number of unbranched alkanes of at least 4 members (excludes halogenated alkanes) is 1. The summed E-state index contributed by atoms with van der Waals surface area (Å²) in [5.41, 5.74) is 3.15. The molecule has 9 nitrogen and oxygen atoms in total. The Bertz CT molecular complexity index is 1680. The minimum Gasteiger partial charge on any atom is -1.00 e. The maximum atomic E-state index is 11.3. The van der Waals surface area contributed by atoms with Crippen LogP contribution in [0.2, 0.25) is 0 Å². The van der Waals surface area contributed by atoms with Crippen molar-refractivity contribution < 1.29 is 66.2 Å². The van der Waals surface area contributed by atoms with Crippen molar-refractivity contribution in [2.45, 2.75) is 30.7 Å². The molecule has 3 aromatic rings. The van der Waals surface area contributed by atoms with Crippen LogP contribution in [0.1, 0.15) is 30.6 Å². The zero-order valence-electron chi connectivity index (χ0n) is 23.4.